The molecule has 0 amide bonds. The Morgan fingerprint density at radius 3 is 2.67 bits per heavy atom. The standard InChI is InChI=1S/C12H19N3/c1-10-9-15(8-7-14-10)12-5-3-11(13-2)4-6-12/h3-6,10,13-14H,7-9H2,1-2H3. The Labute approximate surface area is 91.5 Å². The molecule has 0 saturated carbocycles. The highest BCUT2D eigenvalue weighted by atomic mass is 15.2. The summed E-state index contributed by atoms with van der Waals surface area (Å²) in [5.41, 5.74) is 2.49. The lowest BCUT2D eigenvalue weighted by Gasteiger charge is -2.33. The molecular weight excluding hydrogens is 186 g/mol. The van der Waals surface area contributed by atoms with Gasteiger partial charge in [0.05, 0.1) is 0 Å². The topological polar surface area (TPSA) is 27.3 Å². The van der Waals surface area contributed by atoms with Gasteiger partial charge in [-0.05, 0) is 31.2 Å². The summed E-state index contributed by atoms with van der Waals surface area (Å²) >= 11 is 0. The summed E-state index contributed by atoms with van der Waals surface area (Å²) in [7, 11) is 1.95. The predicted molar refractivity (Wildman–Crippen MR) is 65.7 cm³/mol. The van der Waals surface area contributed by atoms with Gasteiger partial charge in [0.1, 0.15) is 0 Å². The molecule has 0 aliphatic carbocycles. The summed E-state index contributed by atoms with van der Waals surface area (Å²) in [5, 5.41) is 6.59. The zero-order valence-electron chi connectivity index (χ0n) is 9.46. The van der Waals surface area contributed by atoms with Crippen molar-refractivity contribution in [1.29, 1.82) is 0 Å². The van der Waals surface area contributed by atoms with Crippen molar-refractivity contribution in [1.82, 2.24) is 5.32 Å². The molecule has 15 heavy (non-hydrogen) atoms. The maximum Gasteiger partial charge on any atom is 0.0368 e. The molecule has 1 fully saturated rings. The maximum absolute atomic E-state index is 3.45. The number of rotatable bonds is 2. The second kappa shape index (κ2) is 4.53. The van der Waals surface area contributed by atoms with E-state index in [4.69, 9.17) is 0 Å². The normalized spacial score (nSPS) is 21.5. The molecule has 0 spiro atoms. The van der Waals surface area contributed by atoms with E-state index in [1.807, 2.05) is 7.05 Å². The first-order chi connectivity index (χ1) is 7.29. The summed E-state index contributed by atoms with van der Waals surface area (Å²) in [6.45, 7) is 5.51. The van der Waals surface area contributed by atoms with E-state index in [9.17, 15) is 0 Å². The van der Waals surface area contributed by atoms with Crippen LogP contribution in [0.2, 0.25) is 0 Å². The fourth-order valence-corrected chi connectivity index (χ4v) is 2.01. The summed E-state index contributed by atoms with van der Waals surface area (Å²) in [6.07, 6.45) is 0. The first-order valence-electron chi connectivity index (χ1n) is 5.56. The van der Waals surface area contributed by atoms with Gasteiger partial charge in [-0.3, -0.25) is 0 Å². The van der Waals surface area contributed by atoms with Gasteiger partial charge in [-0.1, -0.05) is 0 Å². The second-order valence-electron chi connectivity index (χ2n) is 4.10. The van der Waals surface area contributed by atoms with Crippen molar-refractivity contribution in [3.8, 4) is 0 Å². The number of nitrogens with one attached hydrogen (secondary N) is 2. The second-order valence-corrected chi connectivity index (χ2v) is 4.10. The van der Waals surface area contributed by atoms with Crippen molar-refractivity contribution in [2.45, 2.75) is 13.0 Å². The fraction of sp³-hybridized carbons (Fsp3) is 0.500. The lowest BCUT2D eigenvalue weighted by Crippen LogP contribution is -2.49. The molecule has 0 aromatic heterocycles. The van der Waals surface area contributed by atoms with Gasteiger partial charge in [0.25, 0.3) is 0 Å². The average molecular weight is 205 g/mol. The van der Waals surface area contributed by atoms with E-state index in [0.717, 1.165) is 19.6 Å². The van der Waals surface area contributed by atoms with Crippen LogP contribution in [0.1, 0.15) is 6.92 Å². The Bertz CT molecular complexity index is 307. The SMILES string of the molecule is CNc1ccc(N2CCNC(C)C2)cc1. The minimum absolute atomic E-state index is 0.586. The third-order valence-corrected chi connectivity index (χ3v) is 2.89. The van der Waals surface area contributed by atoms with Crippen LogP contribution in [0.25, 0.3) is 0 Å². The van der Waals surface area contributed by atoms with Crippen molar-refractivity contribution in [3.63, 3.8) is 0 Å². The molecular formula is C12H19N3. The molecule has 2 N–H and O–H groups in total. The molecule has 1 heterocycles. The van der Waals surface area contributed by atoms with Crippen LogP contribution in [0.3, 0.4) is 0 Å². The van der Waals surface area contributed by atoms with Crippen LogP contribution in [-0.2, 0) is 0 Å². The average Bonchev–Trinajstić information content (AvgIpc) is 2.29. The van der Waals surface area contributed by atoms with Crippen molar-refractivity contribution < 1.29 is 0 Å². The number of anilines is 2. The van der Waals surface area contributed by atoms with Gasteiger partial charge in [0, 0.05) is 44.1 Å². The Kier molecular flexibility index (Phi) is 3.11. The molecule has 1 aliphatic heterocycles. The van der Waals surface area contributed by atoms with Gasteiger partial charge in [-0.15, -0.1) is 0 Å². The predicted octanol–water partition coefficient (Wildman–Crippen LogP) is 1.53. The molecule has 82 valence electrons. The maximum atomic E-state index is 3.45. The van der Waals surface area contributed by atoms with E-state index >= 15 is 0 Å². The van der Waals surface area contributed by atoms with Gasteiger partial charge in [0.15, 0.2) is 0 Å². The molecule has 3 nitrogen and oxygen atoms in total. The molecule has 0 radical (unpaired) electrons. The summed E-state index contributed by atoms with van der Waals surface area (Å²) in [5.74, 6) is 0. The Morgan fingerprint density at radius 1 is 1.33 bits per heavy atom. The van der Waals surface area contributed by atoms with E-state index < -0.39 is 0 Å². The number of piperazine rings is 1. The number of hydrogen-bond acceptors (Lipinski definition) is 3. The zero-order chi connectivity index (χ0) is 10.7. The van der Waals surface area contributed by atoms with Gasteiger partial charge in [-0.2, -0.15) is 0 Å². The van der Waals surface area contributed by atoms with Gasteiger partial charge >= 0.3 is 0 Å². The lowest BCUT2D eigenvalue weighted by molar-refractivity contribution is 0.485. The Hall–Kier alpha value is -1.22. The van der Waals surface area contributed by atoms with Crippen molar-refractivity contribution >= 4 is 11.4 Å². The Morgan fingerprint density at radius 2 is 2.07 bits per heavy atom. The summed E-state index contributed by atoms with van der Waals surface area (Å²) in [4.78, 5) is 2.43. The first kappa shape index (κ1) is 10.3. The van der Waals surface area contributed by atoms with Crippen molar-refractivity contribution in [3.05, 3.63) is 24.3 Å². The van der Waals surface area contributed by atoms with E-state index in [2.05, 4.69) is 46.7 Å². The monoisotopic (exact) mass is 205 g/mol. The highest BCUT2D eigenvalue weighted by Crippen LogP contribution is 2.18. The summed E-state index contributed by atoms with van der Waals surface area (Å²) < 4.78 is 0. The van der Waals surface area contributed by atoms with Crippen LogP contribution in [0, 0.1) is 0 Å². The number of benzene rings is 1. The summed E-state index contributed by atoms with van der Waals surface area (Å²) in [6, 6.07) is 9.21. The quantitative estimate of drug-likeness (QED) is 0.766. The molecule has 1 atom stereocenters. The molecule has 3 heteroatoms. The largest absolute Gasteiger partial charge is 0.388 e. The molecule has 1 unspecified atom stereocenters. The van der Waals surface area contributed by atoms with Crippen LogP contribution in [0.4, 0.5) is 11.4 Å². The molecule has 0 bridgehead atoms. The van der Waals surface area contributed by atoms with E-state index in [0.29, 0.717) is 6.04 Å². The van der Waals surface area contributed by atoms with E-state index in [-0.39, 0.29) is 0 Å². The first-order valence-corrected chi connectivity index (χ1v) is 5.56. The lowest BCUT2D eigenvalue weighted by atomic mass is 10.2. The third kappa shape index (κ3) is 2.42. The highest BCUT2D eigenvalue weighted by molar-refractivity contribution is 5.55. The Balaban J connectivity index is 2.07. The number of hydrogen-bond donors (Lipinski definition) is 2. The van der Waals surface area contributed by atoms with Crippen LogP contribution in [0.15, 0.2) is 24.3 Å². The van der Waals surface area contributed by atoms with Crippen molar-refractivity contribution in [2.75, 3.05) is 36.9 Å². The molecule has 1 aromatic rings. The fourth-order valence-electron chi connectivity index (χ4n) is 2.01. The van der Waals surface area contributed by atoms with Crippen LogP contribution in [0.5, 0.6) is 0 Å². The minimum Gasteiger partial charge on any atom is -0.388 e. The highest BCUT2D eigenvalue weighted by Gasteiger charge is 2.15. The molecule has 1 aliphatic rings. The van der Waals surface area contributed by atoms with E-state index in [1.165, 1.54) is 11.4 Å². The van der Waals surface area contributed by atoms with Crippen LogP contribution in [-0.4, -0.2) is 32.7 Å². The van der Waals surface area contributed by atoms with Crippen LogP contribution < -0.4 is 15.5 Å². The molecule has 1 aromatic carbocycles. The third-order valence-electron chi connectivity index (χ3n) is 2.89. The van der Waals surface area contributed by atoms with Gasteiger partial charge < -0.3 is 15.5 Å². The zero-order valence-corrected chi connectivity index (χ0v) is 9.46. The van der Waals surface area contributed by atoms with Gasteiger partial charge in [0.2, 0.25) is 0 Å². The van der Waals surface area contributed by atoms with Crippen LogP contribution >= 0.6 is 0 Å². The van der Waals surface area contributed by atoms with E-state index in [1.54, 1.807) is 0 Å². The molecule has 1 saturated heterocycles. The van der Waals surface area contributed by atoms with Crippen molar-refractivity contribution in [2.24, 2.45) is 0 Å². The smallest absolute Gasteiger partial charge is 0.0368 e. The molecule has 2 rings (SSSR count). The minimum atomic E-state index is 0.586. The number of nitrogens with zero attached hydrogens (tertiary/aromatic N) is 1. The van der Waals surface area contributed by atoms with Gasteiger partial charge in [-0.25, -0.2) is 0 Å².